The van der Waals surface area contributed by atoms with E-state index in [4.69, 9.17) is 5.11 Å². The van der Waals surface area contributed by atoms with Gasteiger partial charge in [-0.25, -0.2) is 0 Å². The van der Waals surface area contributed by atoms with Crippen LogP contribution in [-0.2, 0) is 9.59 Å². The van der Waals surface area contributed by atoms with Crippen LogP contribution in [0.1, 0.15) is 25.7 Å². The van der Waals surface area contributed by atoms with Crippen LogP contribution in [0.4, 0.5) is 5.69 Å². The molecule has 96 valence electrons. The number of amides is 1. The zero-order valence-electron chi connectivity index (χ0n) is 10.0. The summed E-state index contributed by atoms with van der Waals surface area (Å²) in [7, 11) is 0. The van der Waals surface area contributed by atoms with Gasteiger partial charge in [-0.15, -0.1) is 0 Å². The van der Waals surface area contributed by atoms with E-state index in [9.17, 15) is 9.59 Å². The van der Waals surface area contributed by atoms with Crippen molar-refractivity contribution in [3.05, 3.63) is 24.5 Å². The summed E-state index contributed by atoms with van der Waals surface area (Å²) >= 11 is 0. The van der Waals surface area contributed by atoms with E-state index in [2.05, 4.69) is 10.3 Å². The van der Waals surface area contributed by atoms with Crippen LogP contribution in [0.3, 0.4) is 0 Å². The molecule has 5 nitrogen and oxygen atoms in total. The predicted octanol–water partition coefficient (Wildman–Crippen LogP) is 1.91. The largest absolute Gasteiger partial charge is 0.481 e. The van der Waals surface area contributed by atoms with Gasteiger partial charge in [0, 0.05) is 18.1 Å². The number of nitrogens with zero attached hydrogens (tertiary/aromatic N) is 1. The van der Waals surface area contributed by atoms with Gasteiger partial charge in [0.05, 0.1) is 11.8 Å². The first-order valence-corrected chi connectivity index (χ1v) is 6.12. The normalized spacial score (nSPS) is 23.3. The molecule has 1 amide bonds. The minimum Gasteiger partial charge on any atom is -0.481 e. The van der Waals surface area contributed by atoms with Gasteiger partial charge < -0.3 is 10.4 Å². The molecule has 1 heterocycles. The number of hydrogen-bond acceptors (Lipinski definition) is 3. The summed E-state index contributed by atoms with van der Waals surface area (Å²) in [4.78, 5) is 27.1. The summed E-state index contributed by atoms with van der Waals surface area (Å²) in [5.41, 5.74) is 0.657. The van der Waals surface area contributed by atoms with Crippen LogP contribution >= 0.6 is 0 Å². The summed E-state index contributed by atoms with van der Waals surface area (Å²) in [6.07, 6.45) is 6.21. The second kappa shape index (κ2) is 5.62. The molecule has 0 unspecified atom stereocenters. The molecule has 1 aliphatic carbocycles. The fraction of sp³-hybridized carbons (Fsp3) is 0.462. The quantitative estimate of drug-likeness (QED) is 0.856. The minimum atomic E-state index is -0.871. The van der Waals surface area contributed by atoms with E-state index in [0.29, 0.717) is 18.5 Å². The summed E-state index contributed by atoms with van der Waals surface area (Å²) in [6, 6.07) is 3.38. The van der Waals surface area contributed by atoms with Gasteiger partial charge in [0.15, 0.2) is 0 Å². The highest BCUT2D eigenvalue weighted by atomic mass is 16.4. The standard InChI is InChI=1S/C13H16N2O3/c16-12(15-9-5-7-14-8-6-9)10-3-1-2-4-11(10)13(17)18/h5-8,10-11H,1-4H2,(H,17,18)(H,14,15,16)/t10-,11+/m1/s1. The lowest BCUT2D eigenvalue weighted by Gasteiger charge is -2.27. The van der Waals surface area contributed by atoms with Gasteiger partial charge in [0.2, 0.25) is 5.91 Å². The second-order valence-electron chi connectivity index (χ2n) is 4.56. The number of nitrogens with one attached hydrogen (secondary N) is 1. The lowest BCUT2D eigenvalue weighted by atomic mass is 9.78. The number of aromatic nitrogens is 1. The SMILES string of the molecule is O=C(O)[C@H]1CCCC[C@H]1C(=O)Nc1ccncc1. The molecule has 0 bridgehead atoms. The molecule has 1 saturated carbocycles. The average Bonchev–Trinajstić information content (AvgIpc) is 2.40. The molecular weight excluding hydrogens is 232 g/mol. The van der Waals surface area contributed by atoms with Crippen molar-refractivity contribution in [2.24, 2.45) is 11.8 Å². The third kappa shape index (κ3) is 2.85. The Hall–Kier alpha value is -1.91. The Morgan fingerprint density at radius 2 is 1.78 bits per heavy atom. The number of anilines is 1. The molecule has 0 radical (unpaired) electrons. The summed E-state index contributed by atoms with van der Waals surface area (Å²) < 4.78 is 0. The third-order valence-electron chi connectivity index (χ3n) is 3.37. The molecule has 1 aliphatic rings. The van der Waals surface area contributed by atoms with Crippen LogP contribution in [0.15, 0.2) is 24.5 Å². The number of pyridine rings is 1. The zero-order chi connectivity index (χ0) is 13.0. The smallest absolute Gasteiger partial charge is 0.307 e. The van der Waals surface area contributed by atoms with Crippen molar-refractivity contribution >= 4 is 17.6 Å². The van der Waals surface area contributed by atoms with E-state index in [-0.39, 0.29) is 5.91 Å². The van der Waals surface area contributed by atoms with Crippen LogP contribution in [0, 0.1) is 11.8 Å². The van der Waals surface area contributed by atoms with Crippen molar-refractivity contribution in [2.75, 3.05) is 5.32 Å². The van der Waals surface area contributed by atoms with E-state index < -0.39 is 17.8 Å². The number of carboxylic acid groups (broad SMARTS) is 1. The van der Waals surface area contributed by atoms with Gasteiger partial charge in [0.1, 0.15) is 0 Å². The zero-order valence-corrected chi connectivity index (χ0v) is 10.0. The molecule has 2 rings (SSSR count). The number of carboxylic acids is 1. The fourth-order valence-electron chi connectivity index (χ4n) is 2.41. The first-order valence-electron chi connectivity index (χ1n) is 6.12. The Morgan fingerprint density at radius 1 is 1.17 bits per heavy atom. The lowest BCUT2D eigenvalue weighted by molar-refractivity contribution is -0.147. The van der Waals surface area contributed by atoms with Crippen LogP contribution in [0.25, 0.3) is 0 Å². The molecule has 0 aliphatic heterocycles. The van der Waals surface area contributed by atoms with Crippen LogP contribution in [0.2, 0.25) is 0 Å². The predicted molar refractivity (Wildman–Crippen MR) is 66.0 cm³/mol. The topological polar surface area (TPSA) is 79.3 Å². The number of carbonyl (C=O) groups excluding carboxylic acids is 1. The molecule has 0 saturated heterocycles. The third-order valence-corrected chi connectivity index (χ3v) is 3.37. The van der Waals surface area contributed by atoms with Crippen molar-refractivity contribution < 1.29 is 14.7 Å². The van der Waals surface area contributed by atoms with Crippen molar-refractivity contribution in [1.82, 2.24) is 4.98 Å². The number of aliphatic carboxylic acids is 1. The maximum absolute atomic E-state index is 12.1. The van der Waals surface area contributed by atoms with E-state index in [1.54, 1.807) is 24.5 Å². The van der Waals surface area contributed by atoms with Crippen molar-refractivity contribution in [1.29, 1.82) is 0 Å². The van der Waals surface area contributed by atoms with Gasteiger partial charge in [0.25, 0.3) is 0 Å². The second-order valence-corrected chi connectivity index (χ2v) is 4.56. The molecule has 2 N–H and O–H groups in total. The van der Waals surface area contributed by atoms with E-state index in [0.717, 1.165) is 12.8 Å². The van der Waals surface area contributed by atoms with Gasteiger partial charge >= 0.3 is 5.97 Å². The van der Waals surface area contributed by atoms with Gasteiger partial charge in [-0.3, -0.25) is 14.6 Å². The van der Waals surface area contributed by atoms with Crippen molar-refractivity contribution in [2.45, 2.75) is 25.7 Å². The average molecular weight is 248 g/mol. The Bertz CT molecular complexity index is 433. The highest BCUT2D eigenvalue weighted by molar-refractivity contribution is 5.95. The fourth-order valence-corrected chi connectivity index (χ4v) is 2.41. The van der Waals surface area contributed by atoms with E-state index in [1.807, 2.05) is 0 Å². The highest BCUT2D eigenvalue weighted by Crippen LogP contribution is 2.31. The van der Waals surface area contributed by atoms with Crippen molar-refractivity contribution in [3.8, 4) is 0 Å². The van der Waals surface area contributed by atoms with E-state index >= 15 is 0 Å². The number of rotatable bonds is 3. The molecule has 18 heavy (non-hydrogen) atoms. The monoisotopic (exact) mass is 248 g/mol. The Kier molecular flexibility index (Phi) is 3.92. The Morgan fingerprint density at radius 3 is 2.39 bits per heavy atom. The molecular formula is C13H16N2O3. The molecule has 5 heteroatoms. The molecule has 1 aromatic rings. The molecule has 1 fully saturated rings. The summed E-state index contributed by atoms with van der Waals surface area (Å²) in [6.45, 7) is 0. The van der Waals surface area contributed by atoms with Crippen molar-refractivity contribution in [3.63, 3.8) is 0 Å². The summed E-state index contributed by atoms with van der Waals surface area (Å²) in [5, 5.41) is 11.9. The highest BCUT2D eigenvalue weighted by Gasteiger charge is 2.35. The summed E-state index contributed by atoms with van der Waals surface area (Å²) in [5.74, 6) is -2.05. The number of hydrogen-bond donors (Lipinski definition) is 2. The van der Waals surface area contributed by atoms with Crippen LogP contribution in [-0.4, -0.2) is 22.0 Å². The number of carbonyl (C=O) groups is 2. The Balaban J connectivity index is 2.05. The first kappa shape index (κ1) is 12.5. The van der Waals surface area contributed by atoms with Crippen LogP contribution < -0.4 is 5.32 Å². The molecule has 0 spiro atoms. The molecule has 1 aromatic heterocycles. The first-order chi connectivity index (χ1) is 8.68. The molecule has 2 atom stereocenters. The van der Waals surface area contributed by atoms with E-state index in [1.165, 1.54) is 0 Å². The lowest BCUT2D eigenvalue weighted by Crippen LogP contribution is -2.36. The minimum absolute atomic E-state index is 0.201. The van der Waals surface area contributed by atoms with Gasteiger partial charge in [-0.1, -0.05) is 12.8 Å². The van der Waals surface area contributed by atoms with Gasteiger partial charge in [-0.2, -0.15) is 0 Å². The molecule has 0 aromatic carbocycles. The van der Waals surface area contributed by atoms with Crippen LogP contribution in [0.5, 0.6) is 0 Å². The van der Waals surface area contributed by atoms with Gasteiger partial charge in [-0.05, 0) is 25.0 Å². The Labute approximate surface area is 105 Å². The maximum Gasteiger partial charge on any atom is 0.307 e. The maximum atomic E-state index is 12.1.